The molecule has 0 bridgehead atoms. The summed E-state index contributed by atoms with van der Waals surface area (Å²) >= 11 is 0. The van der Waals surface area contributed by atoms with E-state index in [0.717, 1.165) is 10.9 Å². The van der Waals surface area contributed by atoms with Crippen LogP contribution in [0.1, 0.15) is 5.56 Å². The van der Waals surface area contributed by atoms with Gasteiger partial charge in [-0.25, -0.2) is 4.98 Å². The molecule has 0 fully saturated rings. The molecule has 0 saturated heterocycles. The molecule has 0 radical (unpaired) electrons. The van der Waals surface area contributed by atoms with E-state index >= 15 is 0 Å². The van der Waals surface area contributed by atoms with E-state index in [-0.39, 0.29) is 5.88 Å². The molecule has 1 aromatic carbocycles. The van der Waals surface area contributed by atoms with Gasteiger partial charge in [-0.3, -0.25) is 4.98 Å². The monoisotopic (exact) mass is 262 g/mol. The lowest BCUT2D eigenvalue weighted by Gasteiger charge is -2.07. The molecular weight excluding hydrogens is 252 g/mol. The molecule has 0 amide bonds. The lowest BCUT2D eigenvalue weighted by molar-refractivity contribution is 0.466. The number of fused-ring (bicyclic) bond motifs is 1. The first kappa shape index (κ1) is 11.9. The van der Waals surface area contributed by atoms with Crippen LogP contribution in [-0.4, -0.2) is 9.97 Å². The van der Waals surface area contributed by atoms with E-state index in [4.69, 9.17) is 15.7 Å². The number of rotatable bonds is 2. The van der Waals surface area contributed by atoms with Crippen LogP contribution in [0.4, 0.5) is 5.69 Å². The third-order valence-electron chi connectivity index (χ3n) is 2.80. The Hall–Kier alpha value is -3.13. The highest BCUT2D eigenvalue weighted by atomic mass is 16.5. The van der Waals surface area contributed by atoms with Crippen molar-refractivity contribution in [1.29, 1.82) is 5.26 Å². The highest BCUT2D eigenvalue weighted by molar-refractivity contribution is 5.79. The average Bonchev–Trinajstić information content (AvgIpc) is 2.49. The van der Waals surface area contributed by atoms with Gasteiger partial charge in [-0.2, -0.15) is 5.26 Å². The van der Waals surface area contributed by atoms with Crippen molar-refractivity contribution < 1.29 is 4.74 Å². The highest BCUT2D eigenvalue weighted by Gasteiger charge is 2.06. The number of pyridine rings is 2. The summed E-state index contributed by atoms with van der Waals surface area (Å²) in [6.45, 7) is 0. The van der Waals surface area contributed by atoms with Crippen molar-refractivity contribution in [2.45, 2.75) is 0 Å². The van der Waals surface area contributed by atoms with E-state index in [1.54, 1.807) is 6.20 Å². The van der Waals surface area contributed by atoms with Gasteiger partial charge >= 0.3 is 0 Å². The number of aromatic nitrogens is 2. The van der Waals surface area contributed by atoms with Crippen molar-refractivity contribution in [1.82, 2.24) is 9.97 Å². The Balaban J connectivity index is 1.95. The fourth-order valence-corrected chi connectivity index (χ4v) is 1.84. The summed E-state index contributed by atoms with van der Waals surface area (Å²) in [4.78, 5) is 8.29. The van der Waals surface area contributed by atoms with Crippen molar-refractivity contribution in [3.8, 4) is 17.7 Å². The molecule has 0 aliphatic carbocycles. The summed E-state index contributed by atoms with van der Waals surface area (Å²) in [6.07, 6.45) is 3.14. The largest absolute Gasteiger partial charge is 0.437 e. The predicted molar refractivity (Wildman–Crippen MR) is 75.2 cm³/mol. The lowest BCUT2D eigenvalue weighted by atomic mass is 10.2. The van der Waals surface area contributed by atoms with E-state index in [0.29, 0.717) is 17.0 Å². The summed E-state index contributed by atoms with van der Waals surface area (Å²) in [5, 5.41) is 9.79. The minimum absolute atomic E-state index is 0.277. The minimum Gasteiger partial charge on any atom is -0.437 e. The number of nitrogens with zero attached hydrogens (tertiary/aromatic N) is 3. The smallest absolute Gasteiger partial charge is 0.242 e. The van der Waals surface area contributed by atoms with Crippen molar-refractivity contribution in [2.75, 3.05) is 5.73 Å². The third kappa shape index (κ3) is 2.22. The zero-order chi connectivity index (χ0) is 13.9. The fraction of sp³-hybridized carbons (Fsp3) is 0. The fourth-order valence-electron chi connectivity index (χ4n) is 1.84. The maximum atomic E-state index is 8.77. The number of nitrogen functional groups attached to an aromatic ring is 1. The van der Waals surface area contributed by atoms with Crippen LogP contribution in [0.2, 0.25) is 0 Å². The number of ether oxygens (including phenoxy) is 1. The van der Waals surface area contributed by atoms with Crippen LogP contribution in [-0.2, 0) is 0 Å². The molecule has 0 atom stereocenters. The Morgan fingerprint density at radius 1 is 1.15 bits per heavy atom. The van der Waals surface area contributed by atoms with Gasteiger partial charge in [-0.15, -0.1) is 0 Å². The summed E-state index contributed by atoms with van der Waals surface area (Å²) in [6, 6.07) is 12.9. The van der Waals surface area contributed by atoms with Crippen molar-refractivity contribution in [2.24, 2.45) is 0 Å². The Labute approximate surface area is 115 Å². The van der Waals surface area contributed by atoms with Gasteiger partial charge in [0.1, 0.15) is 11.8 Å². The molecule has 0 spiro atoms. The van der Waals surface area contributed by atoms with Crippen molar-refractivity contribution in [3.05, 3.63) is 54.4 Å². The molecule has 0 unspecified atom stereocenters. The Morgan fingerprint density at radius 2 is 2.05 bits per heavy atom. The van der Waals surface area contributed by atoms with Gasteiger partial charge in [-0.05, 0) is 24.3 Å². The molecular formula is C15H10N4O. The van der Waals surface area contributed by atoms with E-state index in [1.807, 2.05) is 36.4 Å². The summed E-state index contributed by atoms with van der Waals surface area (Å²) in [7, 11) is 0. The van der Waals surface area contributed by atoms with Gasteiger partial charge in [0, 0.05) is 23.8 Å². The number of nitriles is 1. The van der Waals surface area contributed by atoms with E-state index in [1.165, 1.54) is 12.3 Å². The zero-order valence-electron chi connectivity index (χ0n) is 10.4. The predicted octanol–water partition coefficient (Wildman–Crippen LogP) is 2.88. The van der Waals surface area contributed by atoms with Gasteiger partial charge in [0.15, 0.2) is 0 Å². The molecule has 3 aromatic rings. The van der Waals surface area contributed by atoms with E-state index in [9.17, 15) is 0 Å². The number of anilines is 1. The molecule has 0 aliphatic rings. The third-order valence-corrected chi connectivity index (χ3v) is 2.80. The minimum atomic E-state index is 0.277. The Morgan fingerprint density at radius 3 is 2.85 bits per heavy atom. The molecule has 20 heavy (non-hydrogen) atoms. The average molecular weight is 262 g/mol. The maximum absolute atomic E-state index is 8.77. The maximum Gasteiger partial charge on any atom is 0.242 e. The van der Waals surface area contributed by atoms with Crippen LogP contribution in [0.25, 0.3) is 10.9 Å². The van der Waals surface area contributed by atoms with Crippen LogP contribution in [0.3, 0.4) is 0 Å². The molecule has 5 nitrogen and oxygen atoms in total. The van der Waals surface area contributed by atoms with Crippen LogP contribution >= 0.6 is 0 Å². The molecule has 96 valence electrons. The normalized spacial score (nSPS) is 10.2. The summed E-state index contributed by atoms with van der Waals surface area (Å²) in [5.74, 6) is 0.874. The van der Waals surface area contributed by atoms with Gasteiger partial charge in [-0.1, -0.05) is 6.07 Å². The molecule has 2 heterocycles. The summed E-state index contributed by atoms with van der Waals surface area (Å²) < 4.78 is 5.63. The van der Waals surface area contributed by atoms with Gasteiger partial charge in [0.2, 0.25) is 5.88 Å². The second-order valence-corrected chi connectivity index (χ2v) is 4.19. The first-order valence-electron chi connectivity index (χ1n) is 5.94. The van der Waals surface area contributed by atoms with Crippen molar-refractivity contribution >= 4 is 16.6 Å². The van der Waals surface area contributed by atoms with Gasteiger partial charge < -0.3 is 10.5 Å². The zero-order valence-corrected chi connectivity index (χ0v) is 10.4. The number of hydrogen-bond acceptors (Lipinski definition) is 5. The van der Waals surface area contributed by atoms with E-state index < -0.39 is 0 Å². The van der Waals surface area contributed by atoms with Gasteiger partial charge in [0.05, 0.1) is 16.8 Å². The lowest BCUT2D eigenvalue weighted by Crippen LogP contribution is -1.96. The summed E-state index contributed by atoms with van der Waals surface area (Å²) in [5.41, 5.74) is 7.36. The van der Waals surface area contributed by atoms with Crippen molar-refractivity contribution in [3.63, 3.8) is 0 Å². The molecule has 2 aromatic heterocycles. The first-order chi connectivity index (χ1) is 9.76. The number of nitrogens with two attached hydrogens (primary N) is 1. The molecule has 0 aliphatic heterocycles. The van der Waals surface area contributed by atoms with Crippen LogP contribution in [0, 0.1) is 11.3 Å². The number of hydrogen-bond donors (Lipinski definition) is 1. The molecule has 5 heteroatoms. The first-order valence-corrected chi connectivity index (χ1v) is 5.94. The van der Waals surface area contributed by atoms with Crippen LogP contribution in [0.15, 0.2) is 48.8 Å². The standard InChI is InChI=1S/C15H10N4O/c16-8-10-6-13(17)15(19-9-10)20-12-4-3-11-2-1-5-18-14(11)7-12/h1-7,9H,17H2. The second kappa shape index (κ2) is 4.86. The topological polar surface area (TPSA) is 84.8 Å². The molecule has 3 rings (SSSR count). The number of benzene rings is 1. The SMILES string of the molecule is N#Cc1cnc(Oc2ccc3cccnc3c2)c(N)c1. The van der Waals surface area contributed by atoms with E-state index in [2.05, 4.69) is 9.97 Å². The molecule has 2 N–H and O–H groups in total. The quantitative estimate of drug-likeness (QED) is 0.767. The van der Waals surface area contributed by atoms with Crippen LogP contribution in [0.5, 0.6) is 11.6 Å². The van der Waals surface area contributed by atoms with Gasteiger partial charge in [0.25, 0.3) is 0 Å². The Kier molecular flexibility index (Phi) is 2.90. The molecule has 0 saturated carbocycles. The Bertz CT molecular complexity index is 823. The second-order valence-electron chi connectivity index (χ2n) is 4.19. The van der Waals surface area contributed by atoms with Crippen LogP contribution < -0.4 is 10.5 Å². The highest BCUT2D eigenvalue weighted by Crippen LogP contribution is 2.27.